The van der Waals surface area contributed by atoms with Gasteiger partial charge in [0.2, 0.25) is 5.95 Å². The van der Waals surface area contributed by atoms with Crippen LogP contribution >= 0.6 is 0 Å². The molecule has 7 nitrogen and oxygen atoms in total. The minimum atomic E-state index is -0.758. The van der Waals surface area contributed by atoms with Crippen LogP contribution in [0.5, 0.6) is 0 Å². The fraction of sp³-hybridized carbons (Fsp3) is 0.522. The average Bonchev–Trinajstić information content (AvgIpc) is 3.16. The van der Waals surface area contributed by atoms with E-state index in [1.165, 1.54) is 0 Å². The van der Waals surface area contributed by atoms with E-state index < -0.39 is 5.60 Å². The van der Waals surface area contributed by atoms with Crippen molar-refractivity contribution in [1.29, 1.82) is 5.26 Å². The lowest BCUT2D eigenvalue weighted by molar-refractivity contribution is 0.0407. The van der Waals surface area contributed by atoms with Crippen molar-refractivity contribution in [3.05, 3.63) is 41.6 Å². The molecule has 0 amide bonds. The zero-order valence-electron chi connectivity index (χ0n) is 18.3. The highest BCUT2D eigenvalue weighted by molar-refractivity contribution is 5.58. The molecule has 1 aromatic carbocycles. The van der Waals surface area contributed by atoms with E-state index in [2.05, 4.69) is 39.6 Å². The van der Waals surface area contributed by atoms with Crippen LogP contribution < -0.4 is 15.5 Å². The molecule has 160 valence electrons. The predicted octanol–water partition coefficient (Wildman–Crippen LogP) is 3.37. The second-order valence-corrected chi connectivity index (χ2v) is 8.58. The van der Waals surface area contributed by atoms with Crippen molar-refractivity contribution in [2.24, 2.45) is 0 Å². The zero-order valence-corrected chi connectivity index (χ0v) is 18.3. The third-order valence-corrected chi connectivity index (χ3v) is 5.58. The van der Waals surface area contributed by atoms with E-state index in [0.29, 0.717) is 17.6 Å². The van der Waals surface area contributed by atoms with E-state index in [0.717, 1.165) is 49.6 Å². The number of anilines is 3. The molecule has 1 aromatic heterocycles. The van der Waals surface area contributed by atoms with Crippen molar-refractivity contribution in [3.63, 3.8) is 0 Å². The first-order valence-electron chi connectivity index (χ1n) is 10.7. The lowest BCUT2D eigenvalue weighted by Gasteiger charge is -2.29. The van der Waals surface area contributed by atoms with Gasteiger partial charge >= 0.3 is 0 Å². The average molecular weight is 409 g/mol. The van der Waals surface area contributed by atoms with Crippen LogP contribution in [-0.4, -0.2) is 45.8 Å². The van der Waals surface area contributed by atoms with Gasteiger partial charge in [0.05, 0.1) is 17.2 Å². The van der Waals surface area contributed by atoms with Gasteiger partial charge in [-0.1, -0.05) is 19.4 Å². The molecule has 0 radical (unpaired) electrons. The summed E-state index contributed by atoms with van der Waals surface area (Å²) in [5.74, 6) is 1.46. The Morgan fingerprint density at radius 1 is 1.33 bits per heavy atom. The number of aliphatic hydroxyl groups is 1. The Morgan fingerprint density at radius 3 is 2.83 bits per heavy atom. The molecule has 0 saturated carbocycles. The van der Waals surface area contributed by atoms with E-state index in [4.69, 9.17) is 10.2 Å². The van der Waals surface area contributed by atoms with Gasteiger partial charge in [0.15, 0.2) is 0 Å². The predicted molar refractivity (Wildman–Crippen MR) is 120 cm³/mol. The van der Waals surface area contributed by atoms with Crippen molar-refractivity contribution in [2.75, 3.05) is 23.3 Å². The van der Waals surface area contributed by atoms with Crippen LogP contribution in [-0.2, 0) is 6.42 Å². The minimum Gasteiger partial charge on any atom is -0.389 e. The number of benzene rings is 1. The first-order valence-corrected chi connectivity index (χ1v) is 10.7. The van der Waals surface area contributed by atoms with E-state index in [-0.39, 0.29) is 6.04 Å². The van der Waals surface area contributed by atoms with Crippen LogP contribution in [0, 0.1) is 11.3 Å². The van der Waals surface area contributed by atoms with E-state index in [1.807, 2.05) is 32.9 Å². The number of aryl methyl sites for hydroxylation is 1. The molecule has 2 atom stereocenters. The lowest BCUT2D eigenvalue weighted by atomic mass is 10.00. The third-order valence-electron chi connectivity index (χ3n) is 5.58. The fourth-order valence-electron chi connectivity index (χ4n) is 3.54. The smallest absolute Gasteiger partial charge is 0.229 e. The van der Waals surface area contributed by atoms with Gasteiger partial charge in [-0.2, -0.15) is 10.2 Å². The van der Waals surface area contributed by atoms with Crippen molar-refractivity contribution in [2.45, 2.75) is 64.6 Å². The molecular weight excluding hydrogens is 376 g/mol. The summed E-state index contributed by atoms with van der Waals surface area (Å²) in [6.07, 6.45) is 2.89. The topological polar surface area (TPSA) is 97.1 Å². The fourth-order valence-corrected chi connectivity index (χ4v) is 3.54. The molecule has 0 spiro atoms. The summed E-state index contributed by atoms with van der Waals surface area (Å²) < 4.78 is 0. The highest BCUT2D eigenvalue weighted by atomic mass is 16.3. The Hall–Kier alpha value is -2.69. The Bertz CT molecular complexity index is 901. The third kappa shape index (κ3) is 5.68. The molecule has 1 unspecified atom stereocenters. The first kappa shape index (κ1) is 22.0. The molecule has 0 aliphatic carbocycles. The number of hydrogen-bond donors (Lipinski definition) is 3. The van der Waals surface area contributed by atoms with Gasteiger partial charge in [-0.25, -0.2) is 4.98 Å². The highest BCUT2D eigenvalue weighted by Crippen LogP contribution is 2.24. The quantitative estimate of drug-likeness (QED) is 0.616. The summed E-state index contributed by atoms with van der Waals surface area (Å²) in [4.78, 5) is 11.7. The second-order valence-electron chi connectivity index (χ2n) is 8.58. The summed E-state index contributed by atoms with van der Waals surface area (Å²) in [6, 6.07) is 11.9. The Morgan fingerprint density at radius 2 is 2.13 bits per heavy atom. The lowest BCUT2D eigenvalue weighted by Crippen LogP contribution is -2.49. The van der Waals surface area contributed by atoms with Gasteiger partial charge in [0.25, 0.3) is 0 Å². The molecule has 2 heterocycles. The summed E-state index contributed by atoms with van der Waals surface area (Å²) in [7, 11) is 0. The van der Waals surface area contributed by atoms with Gasteiger partial charge in [-0.3, -0.25) is 0 Å². The van der Waals surface area contributed by atoms with Gasteiger partial charge in [-0.05, 0) is 51.8 Å². The maximum atomic E-state index is 10.2. The molecule has 1 saturated heterocycles. The number of nitrogens with zero attached hydrogens (tertiary/aromatic N) is 4. The van der Waals surface area contributed by atoms with Crippen LogP contribution in [0.2, 0.25) is 0 Å². The maximum Gasteiger partial charge on any atom is 0.229 e. The van der Waals surface area contributed by atoms with Gasteiger partial charge < -0.3 is 20.6 Å². The van der Waals surface area contributed by atoms with Crippen molar-refractivity contribution < 1.29 is 5.11 Å². The molecule has 2 aromatic rings. The molecule has 0 bridgehead atoms. The molecule has 1 aliphatic rings. The summed E-state index contributed by atoms with van der Waals surface area (Å²) in [5, 5.41) is 26.1. The number of nitrogens with one attached hydrogen (secondary N) is 2. The molecule has 1 aliphatic heterocycles. The maximum absolute atomic E-state index is 10.2. The second kappa shape index (κ2) is 9.41. The molecule has 3 rings (SSSR count). The minimum absolute atomic E-state index is 0.00754. The van der Waals surface area contributed by atoms with Crippen LogP contribution in [0.25, 0.3) is 0 Å². The van der Waals surface area contributed by atoms with Crippen LogP contribution in [0.15, 0.2) is 30.3 Å². The summed E-state index contributed by atoms with van der Waals surface area (Å²) in [6.45, 7) is 9.56. The van der Waals surface area contributed by atoms with Crippen LogP contribution in [0.3, 0.4) is 0 Å². The summed E-state index contributed by atoms with van der Waals surface area (Å²) >= 11 is 0. The normalized spacial score (nSPS) is 17.6. The van der Waals surface area contributed by atoms with Crippen LogP contribution in [0.1, 0.15) is 51.8 Å². The van der Waals surface area contributed by atoms with Gasteiger partial charge in [0.1, 0.15) is 5.82 Å². The van der Waals surface area contributed by atoms with Gasteiger partial charge in [0, 0.05) is 42.6 Å². The molecule has 7 heteroatoms. The molecule has 1 fully saturated rings. The van der Waals surface area contributed by atoms with E-state index >= 15 is 0 Å². The van der Waals surface area contributed by atoms with E-state index in [1.54, 1.807) is 12.1 Å². The van der Waals surface area contributed by atoms with E-state index in [9.17, 15) is 5.11 Å². The number of rotatable bonds is 8. The summed E-state index contributed by atoms with van der Waals surface area (Å²) in [5.41, 5.74) is 1.64. The van der Waals surface area contributed by atoms with Gasteiger partial charge in [-0.15, -0.1) is 0 Å². The van der Waals surface area contributed by atoms with Crippen molar-refractivity contribution in [1.82, 2.24) is 15.3 Å². The van der Waals surface area contributed by atoms with Crippen LogP contribution in [0.4, 0.5) is 17.5 Å². The Kier molecular flexibility index (Phi) is 6.91. The number of aromatic nitrogens is 2. The Labute approximate surface area is 179 Å². The number of nitriles is 1. The molecule has 3 N–H and O–H groups in total. The Balaban J connectivity index is 1.77. The highest BCUT2D eigenvalue weighted by Gasteiger charge is 2.29. The number of hydrogen-bond acceptors (Lipinski definition) is 7. The molecular formula is C23H32N6O. The monoisotopic (exact) mass is 408 g/mol. The van der Waals surface area contributed by atoms with Crippen molar-refractivity contribution in [3.8, 4) is 6.07 Å². The first-order chi connectivity index (χ1) is 14.3. The standard InChI is InChI=1S/C23H32N6O/c1-5-7-18-13-21(29-11-10-20(15-29)25-16(2)23(3,4)30)28-22(26-18)27-19-9-6-8-17(12-19)14-24/h6,8-9,12-13,16,20,25,30H,5,7,10-11,15H2,1-4H3,(H,26,27,28)/t16-,20?/m0/s1. The zero-order chi connectivity index (χ0) is 21.7. The SMILES string of the molecule is CCCc1cc(N2CCC(N[C@@H](C)C(C)(C)O)C2)nc(Nc2cccc(C#N)c2)n1. The molecule has 30 heavy (non-hydrogen) atoms. The largest absolute Gasteiger partial charge is 0.389 e. The van der Waals surface area contributed by atoms with Crippen molar-refractivity contribution >= 4 is 17.5 Å².